The van der Waals surface area contributed by atoms with Gasteiger partial charge >= 0.3 is 5.97 Å². The molecular weight excluding hydrogens is 633 g/mol. The van der Waals surface area contributed by atoms with Crippen molar-refractivity contribution in [2.45, 2.75) is 17.7 Å². The molecule has 6 aromatic rings. The molecule has 226 valence electrons. The SMILES string of the molecule is Cc1ccc(S(=O)(=O)n2c(-c3cccc(-c4ccc(C(=O)O)cc4Cl)c3)c(-c3ccsc3C3COC3)c3cc(F)ccc32)cc1. The van der Waals surface area contributed by atoms with E-state index >= 15 is 0 Å². The second kappa shape index (κ2) is 11.3. The molecule has 0 amide bonds. The van der Waals surface area contributed by atoms with Crippen molar-refractivity contribution in [2.24, 2.45) is 0 Å². The van der Waals surface area contributed by atoms with E-state index in [1.165, 1.54) is 34.3 Å². The molecule has 1 aliphatic heterocycles. The van der Waals surface area contributed by atoms with Crippen molar-refractivity contribution in [3.8, 4) is 33.5 Å². The van der Waals surface area contributed by atoms with E-state index in [1.807, 2.05) is 36.6 Å². The fourth-order valence-corrected chi connectivity index (χ4v) is 8.59. The largest absolute Gasteiger partial charge is 0.478 e. The summed E-state index contributed by atoms with van der Waals surface area (Å²) < 4.78 is 51.0. The average Bonchev–Trinajstić information content (AvgIpc) is 3.58. The van der Waals surface area contributed by atoms with Crippen molar-refractivity contribution < 1.29 is 27.4 Å². The standard InChI is InChI=1S/C35H25ClFNO5S2/c1-20-5-9-26(10-6-20)45(41,42)38-31-12-8-25(37)17-29(31)32(28-13-14-44-34(28)24-18-43-19-24)33(38)22-4-2-3-21(15-22)27-11-7-23(35(39)40)16-30(27)36/h2-17,24H,18-19H2,1H3,(H,39,40). The molecule has 0 unspecified atom stereocenters. The van der Waals surface area contributed by atoms with Gasteiger partial charge < -0.3 is 9.84 Å². The molecule has 6 nitrogen and oxygen atoms in total. The van der Waals surface area contributed by atoms with Gasteiger partial charge in [0.25, 0.3) is 10.0 Å². The van der Waals surface area contributed by atoms with Crippen LogP contribution in [0.15, 0.2) is 101 Å². The number of carboxylic acids is 1. The Morgan fingerprint density at radius 1 is 0.956 bits per heavy atom. The van der Waals surface area contributed by atoms with Gasteiger partial charge in [-0.15, -0.1) is 11.3 Å². The number of thiophene rings is 1. The molecule has 0 spiro atoms. The maximum atomic E-state index is 15.0. The zero-order chi connectivity index (χ0) is 31.5. The summed E-state index contributed by atoms with van der Waals surface area (Å²) in [5, 5.41) is 12.1. The second-order valence-electron chi connectivity index (χ2n) is 11.0. The van der Waals surface area contributed by atoms with Crippen LogP contribution in [0, 0.1) is 12.7 Å². The Balaban J connectivity index is 1.56. The maximum Gasteiger partial charge on any atom is 0.335 e. The Bertz CT molecular complexity index is 2230. The lowest BCUT2D eigenvalue weighted by Crippen LogP contribution is -2.24. The lowest BCUT2D eigenvalue weighted by atomic mass is 9.93. The second-order valence-corrected chi connectivity index (χ2v) is 14.1. The quantitative estimate of drug-likeness (QED) is 0.185. The predicted octanol–water partition coefficient (Wildman–Crippen LogP) is 8.85. The van der Waals surface area contributed by atoms with Gasteiger partial charge in [-0.1, -0.05) is 53.6 Å². The van der Waals surface area contributed by atoms with Gasteiger partial charge in [0.2, 0.25) is 0 Å². The van der Waals surface area contributed by atoms with Gasteiger partial charge in [-0.3, -0.25) is 0 Å². The lowest BCUT2D eigenvalue weighted by Gasteiger charge is -2.26. The first-order valence-electron chi connectivity index (χ1n) is 14.1. The number of ether oxygens (including phenoxy) is 1. The Morgan fingerprint density at radius 3 is 2.40 bits per heavy atom. The molecular formula is C35H25ClFNO5S2. The summed E-state index contributed by atoms with van der Waals surface area (Å²) >= 11 is 8.13. The highest BCUT2D eigenvalue weighted by molar-refractivity contribution is 7.90. The molecule has 0 aliphatic carbocycles. The minimum absolute atomic E-state index is 0.0542. The number of aromatic carboxylic acids is 1. The van der Waals surface area contributed by atoms with E-state index in [4.69, 9.17) is 16.3 Å². The number of benzene rings is 4. The first-order valence-corrected chi connectivity index (χ1v) is 16.8. The topological polar surface area (TPSA) is 85.6 Å². The molecule has 1 N–H and O–H groups in total. The number of hydrogen-bond donors (Lipinski definition) is 1. The summed E-state index contributed by atoms with van der Waals surface area (Å²) in [6, 6.07) is 24.5. The minimum Gasteiger partial charge on any atom is -0.478 e. The zero-order valence-electron chi connectivity index (χ0n) is 23.8. The third-order valence-electron chi connectivity index (χ3n) is 8.08. The maximum absolute atomic E-state index is 15.0. The molecule has 2 aromatic heterocycles. The Labute approximate surface area is 268 Å². The molecule has 1 fully saturated rings. The van der Waals surface area contributed by atoms with E-state index in [-0.39, 0.29) is 21.4 Å². The van der Waals surface area contributed by atoms with Crippen molar-refractivity contribution in [3.63, 3.8) is 0 Å². The molecule has 45 heavy (non-hydrogen) atoms. The lowest BCUT2D eigenvalue weighted by molar-refractivity contribution is 0.0101. The van der Waals surface area contributed by atoms with Crippen molar-refractivity contribution in [2.75, 3.05) is 13.2 Å². The summed E-state index contributed by atoms with van der Waals surface area (Å²) in [4.78, 5) is 12.7. The Morgan fingerprint density at radius 2 is 1.71 bits per heavy atom. The minimum atomic E-state index is -4.19. The summed E-state index contributed by atoms with van der Waals surface area (Å²) in [5.41, 5.74) is 4.94. The molecule has 0 atom stereocenters. The van der Waals surface area contributed by atoms with Gasteiger partial charge in [0, 0.05) is 37.9 Å². The van der Waals surface area contributed by atoms with Gasteiger partial charge in [0.15, 0.2) is 0 Å². The summed E-state index contributed by atoms with van der Waals surface area (Å²) in [5.74, 6) is -1.43. The van der Waals surface area contributed by atoms with Crippen molar-refractivity contribution in [3.05, 3.63) is 123 Å². The van der Waals surface area contributed by atoms with E-state index < -0.39 is 21.8 Å². The number of fused-ring (bicyclic) bond motifs is 1. The number of nitrogens with zero attached hydrogens (tertiary/aromatic N) is 1. The van der Waals surface area contributed by atoms with Gasteiger partial charge in [-0.05, 0) is 78.0 Å². The van der Waals surface area contributed by atoms with E-state index in [1.54, 1.807) is 47.7 Å². The van der Waals surface area contributed by atoms with Gasteiger partial charge in [0.05, 0.1) is 34.9 Å². The van der Waals surface area contributed by atoms with Crippen LogP contribution in [0.5, 0.6) is 0 Å². The molecule has 0 saturated carbocycles. The van der Waals surface area contributed by atoms with Crippen LogP contribution in [0.25, 0.3) is 44.4 Å². The van der Waals surface area contributed by atoms with Crippen LogP contribution in [-0.4, -0.2) is 36.7 Å². The highest BCUT2D eigenvalue weighted by atomic mass is 35.5. The normalized spacial score (nSPS) is 13.7. The number of aromatic nitrogens is 1. The van der Waals surface area contributed by atoms with E-state index in [0.29, 0.717) is 52.1 Å². The van der Waals surface area contributed by atoms with Gasteiger partial charge in [-0.2, -0.15) is 0 Å². The molecule has 1 saturated heterocycles. The smallest absolute Gasteiger partial charge is 0.335 e. The first kappa shape index (κ1) is 29.4. The van der Waals surface area contributed by atoms with Crippen LogP contribution in [0.3, 0.4) is 0 Å². The number of carboxylic acid groups (broad SMARTS) is 1. The number of rotatable bonds is 7. The van der Waals surface area contributed by atoms with Crippen LogP contribution in [-0.2, 0) is 14.8 Å². The molecule has 7 rings (SSSR count). The van der Waals surface area contributed by atoms with Crippen LogP contribution < -0.4 is 0 Å². The third-order valence-corrected chi connectivity index (χ3v) is 11.2. The summed E-state index contributed by atoms with van der Waals surface area (Å²) in [6.07, 6.45) is 0. The summed E-state index contributed by atoms with van der Waals surface area (Å²) in [6.45, 7) is 2.99. The monoisotopic (exact) mass is 657 g/mol. The predicted molar refractivity (Wildman–Crippen MR) is 175 cm³/mol. The van der Waals surface area contributed by atoms with Gasteiger partial charge in [-0.25, -0.2) is 21.6 Å². The number of carbonyl (C=O) groups is 1. The molecule has 10 heteroatoms. The number of aryl methyl sites for hydroxylation is 1. The van der Waals surface area contributed by atoms with E-state index in [0.717, 1.165) is 16.0 Å². The van der Waals surface area contributed by atoms with Crippen molar-refractivity contribution in [1.29, 1.82) is 0 Å². The Kier molecular flexibility index (Phi) is 7.37. The van der Waals surface area contributed by atoms with E-state index in [2.05, 4.69) is 0 Å². The van der Waals surface area contributed by atoms with Crippen LogP contribution >= 0.6 is 22.9 Å². The average molecular weight is 658 g/mol. The number of hydrogen-bond acceptors (Lipinski definition) is 5. The molecule has 3 heterocycles. The summed E-state index contributed by atoms with van der Waals surface area (Å²) in [7, 11) is -4.19. The highest BCUT2D eigenvalue weighted by Crippen LogP contribution is 2.48. The van der Waals surface area contributed by atoms with Gasteiger partial charge in [0.1, 0.15) is 5.82 Å². The van der Waals surface area contributed by atoms with Crippen LogP contribution in [0.4, 0.5) is 4.39 Å². The number of halogens is 2. The van der Waals surface area contributed by atoms with E-state index in [9.17, 15) is 22.7 Å². The van der Waals surface area contributed by atoms with Crippen LogP contribution in [0.2, 0.25) is 5.02 Å². The van der Waals surface area contributed by atoms with Crippen molar-refractivity contribution >= 4 is 49.8 Å². The van der Waals surface area contributed by atoms with Crippen molar-refractivity contribution in [1.82, 2.24) is 3.97 Å². The molecule has 1 aliphatic rings. The molecule has 4 aromatic carbocycles. The fraction of sp³-hybridized carbons (Fsp3) is 0.114. The highest BCUT2D eigenvalue weighted by Gasteiger charge is 2.32. The van der Waals surface area contributed by atoms with Crippen LogP contribution in [0.1, 0.15) is 26.7 Å². The third kappa shape index (κ3) is 5.06. The first-order chi connectivity index (χ1) is 21.6. The molecule has 0 radical (unpaired) electrons. The molecule has 0 bridgehead atoms. The Hall–Kier alpha value is -4.28. The fourth-order valence-electron chi connectivity index (χ4n) is 5.78. The zero-order valence-corrected chi connectivity index (χ0v) is 26.2.